The van der Waals surface area contributed by atoms with E-state index in [0.29, 0.717) is 0 Å². The molecule has 4 rings (SSSR count). The second-order valence-electron chi connectivity index (χ2n) is 18.0. The number of thiophene rings is 1. The van der Waals surface area contributed by atoms with E-state index in [2.05, 4.69) is 23.5 Å². The molecule has 0 amide bonds. The largest absolute Gasteiger partial charge is 0.155 e. The molecule has 3 heteroatoms. The monoisotopic (exact) mass is 727 g/mol. The summed E-state index contributed by atoms with van der Waals surface area (Å²) in [4.78, 5) is 0. The minimum Gasteiger partial charge on any atom is -0.155 e. The van der Waals surface area contributed by atoms with Gasteiger partial charge >= 0.3 is 0 Å². The van der Waals surface area contributed by atoms with E-state index in [4.69, 9.17) is 0 Å². The first-order valence-corrected chi connectivity index (χ1v) is 29.5. The summed E-state index contributed by atoms with van der Waals surface area (Å²) >= 11 is 2.51. The first-order chi connectivity index (χ1) is 24.3. The fourth-order valence-corrected chi connectivity index (χ4v) is 24.9. The van der Waals surface area contributed by atoms with Gasteiger partial charge < -0.3 is 0 Å². The molecular formula is C46H86SSi2. The van der Waals surface area contributed by atoms with Crippen molar-refractivity contribution in [1.29, 1.82) is 0 Å². The first-order valence-electron chi connectivity index (χ1n) is 23.4. The lowest BCUT2D eigenvalue weighted by atomic mass is 10.1. The Hall–Kier alpha value is 0.134. The fraction of sp³-hybridized carbons (Fsp3) is 0.913. The summed E-state index contributed by atoms with van der Waals surface area (Å²) in [6.07, 6.45) is 54.5. The van der Waals surface area contributed by atoms with E-state index in [0.717, 1.165) is 0 Å². The van der Waals surface area contributed by atoms with Gasteiger partial charge in [-0.25, -0.2) is 0 Å². The Balaban J connectivity index is 1.66. The van der Waals surface area contributed by atoms with E-state index < -0.39 is 16.1 Å². The van der Waals surface area contributed by atoms with E-state index in [9.17, 15) is 0 Å². The highest BCUT2D eigenvalue weighted by Gasteiger charge is 2.39. The lowest BCUT2D eigenvalue weighted by Gasteiger charge is -2.34. The molecule has 0 spiro atoms. The van der Waals surface area contributed by atoms with Gasteiger partial charge in [-0.1, -0.05) is 280 Å². The topological polar surface area (TPSA) is 0 Å². The van der Waals surface area contributed by atoms with Crippen LogP contribution in [0.2, 0.25) is 36.3 Å². The Kier molecular flexibility index (Phi) is 22.9. The Morgan fingerprint density at radius 1 is 0.224 bits per heavy atom. The highest BCUT2D eigenvalue weighted by Crippen LogP contribution is 2.35. The highest BCUT2D eigenvalue weighted by molar-refractivity contribution is 7.36. The molecule has 3 aliphatic rings. The van der Waals surface area contributed by atoms with Crippen LogP contribution in [-0.4, -0.2) is 16.1 Å². The molecule has 1 aromatic heterocycles. The van der Waals surface area contributed by atoms with Crippen LogP contribution in [0.25, 0.3) is 0 Å². The molecule has 0 N–H and O–H groups in total. The van der Waals surface area contributed by atoms with Crippen molar-refractivity contribution in [1.82, 2.24) is 0 Å². The standard InChI is InChI=1S/C46H86SSi2/c1-2-8-14-20-26-32-40-49-43-35-29-23-17-11-5-3-9-15-21-27-33-41-48(39-31-25-19-13-7-1,45-37-38-46(49)47-45)42-34-28-22-16-10-4-6-12-18-24-30-36-44-49/h37-38H,1-36,39-44H2. The molecule has 0 nitrogen and oxygen atoms in total. The molecule has 49 heavy (non-hydrogen) atoms. The van der Waals surface area contributed by atoms with Crippen molar-refractivity contribution in [2.45, 2.75) is 267 Å². The smallest absolute Gasteiger partial charge is 0.0995 e. The van der Waals surface area contributed by atoms with Crippen molar-refractivity contribution in [2.24, 2.45) is 0 Å². The molecule has 4 heterocycles. The van der Waals surface area contributed by atoms with Gasteiger partial charge in [0.2, 0.25) is 0 Å². The SMILES string of the molecule is c1cc2sc1[Si]13CCCCCCCCCCCCCC[Si]2(CCCCCCCCCCCCCC1)CCCCCCCCCCCCCC3. The van der Waals surface area contributed by atoms with E-state index in [1.165, 1.54) is 193 Å². The maximum Gasteiger partial charge on any atom is 0.0995 e. The van der Waals surface area contributed by atoms with Crippen LogP contribution < -0.4 is 9.00 Å². The quantitative estimate of drug-likeness (QED) is 0.234. The molecule has 0 atom stereocenters. The Labute approximate surface area is 314 Å². The molecule has 3 aliphatic heterocycles. The lowest BCUT2D eigenvalue weighted by molar-refractivity contribution is 0.540. The molecule has 4 bridgehead atoms. The molecule has 0 aromatic carbocycles. The van der Waals surface area contributed by atoms with Crippen LogP contribution in [0.3, 0.4) is 0 Å². The van der Waals surface area contributed by atoms with Gasteiger partial charge in [0.25, 0.3) is 0 Å². The molecule has 0 radical (unpaired) electrons. The molecule has 0 fully saturated rings. The van der Waals surface area contributed by atoms with Crippen molar-refractivity contribution >= 4 is 36.5 Å². The van der Waals surface area contributed by atoms with Gasteiger partial charge in [0.15, 0.2) is 0 Å². The third-order valence-corrected chi connectivity index (χ3v) is 28.0. The predicted octanol–water partition coefficient (Wildman–Crippen LogP) is 16.1. The van der Waals surface area contributed by atoms with Crippen molar-refractivity contribution < 1.29 is 0 Å². The zero-order valence-electron chi connectivity index (χ0n) is 33.3. The maximum atomic E-state index is 2.85. The van der Waals surface area contributed by atoms with Crippen LogP contribution in [0.1, 0.15) is 231 Å². The first kappa shape index (κ1) is 41.9. The number of hydrogen-bond donors (Lipinski definition) is 0. The van der Waals surface area contributed by atoms with Crippen LogP contribution in [-0.2, 0) is 0 Å². The van der Waals surface area contributed by atoms with Gasteiger partial charge in [0.1, 0.15) is 0 Å². The van der Waals surface area contributed by atoms with Crippen molar-refractivity contribution in [3.05, 3.63) is 12.1 Å². The maximum absolute atomic E-state index is 2.85. The predicted molar refractivity (Wildman–Crippen MR) is 230 cm³/mol. The van der Waals surface area contributed by atoms with E-state index in [-0.39, 0.29) is 0 Å². The van der Waals surface area contributed by atoms with Crippen LogP contribution >= 0.6 is 11.3 Å². The molecule has 0 aliphatic carbocycles. The summed E-state index contributed by atoms with van der Waals surface area (Å²) in [5.74, 6) is 0. The van der Waals surface area contributed by atoms with Crippen molar-refractivity contribution in [2.75, 3.05) is 0 Å². The highest BCUT2D eigenvalue weighted by atomic mass is 32.1. The molecule has 1 aromatic rings. The minimum absolute atomic E-state index is 1.50. The van der Waals surface area contributed by atoms with Gasteiger partial charge in [-0.2, -0.15) is 11.3 Å². The Bertz CT molecular complexity index is 755. The van der Waals surface area contributed by atoms with Gasteiger partial charge in [-0.15, -0.1) is 0 Å². The second kappa shape index (κ2) is 26.8. The van der Waals surface area contributed by atoms with Crippen LogP contribution in [0.4, 0.5) is 0 Å². The average Bonchev–Trinajstić information content (AvgIpc) is 3.62. The van der Waals surface area contributed by atoms with Crippen LogP contribution in [0.5, 0.6) is 0 Å². The van der Waals surface area contributed by atoms with Crippen molar-refractivity contribution in [3.8, 4) is 0 Å². The van der Waals surface area contributed by atoms with Gasteiger partial charge in [0.05, 0.1) is 16.1 Å². The summed E-state index contributed by atoms with van der Waals surface area (Å²) in [5, 5.41) is 0. The third kappa shape index (κ3) is 16.8. The molecule has 284 valence electrons. The lowest BCUT2D eigenvalue weighted by Crippen LogP contribution is -2.48. The van der Waals surface area contributed by atoms with Gasteiger partial charge in [-0.05, 0) is 9.00 Å². The summed E-state index contributed by atoms with van der Waals surface area (Å²) in [5.41, 5.74) is 0. The fourth-order valence-electron chi connectivity index (χ4n) is 10.5. The van der Waals surface area contributed by atoms with E-state index in [1.807, 2.05) is 9.00 Å². The average molecular weight is 727 g/mol. The number of rotatable bonds is 0. The van der Waals surface area contributed by atoms with Crippen LogP contribution in [0.15, 0.2) is 12.1 Å². The minimum atomic E-state index is -1.50. The summed E-state index contributed by atoms with van der Waals surface area (Å²) < 4.78 is 4.04. The Morgan fingerprint density at radius 3 is 0.531 bits per heavy atom. The molecular weight excluding hydrogens is 641 g/mol. The number of hydrogen-bond acceptors (Lipinski definition) is 1. The summed E-state index contributed by atoms with van der Waals surface area (Å²) in [6.45, 7) is 0. The third-order valence-electron chi connectivity index (χ3n) is 13.8. The van der Waals surface area contributed by atoms with Gasteiger partial charge in [0, 0.05) is 0 Å². The second-order valence-corrected chi connectivity index (χ2v) is 29.0. The molecule has 0 unspecified atom stereocenters. The zero-order chi connectivity index (χ0) is 34.0. The summed E-state index contributed by atoms with van der Waals surface area (Å²) in [7, 11) is -3.00. The van der Waals surface area contributed by atoms with Crippen LogP contribution in [0, 0.1) is 0 Å². The van der Waals surface area contributed by atoms with Crippen molar-refractivity contribution in [3.63, 3.8) is 0 Å². The zero-order valence-corrected chi connectivity index (χ0v) is 36.1. The summed E-state index contributed by atoms with van der Waals surface area (Å²) in [6, 6.07) is 15.5. The van der Waals surface area contributed by atoms with E-state index >= 15 is 0 Å². The molecule has 0 saturated heterocycles. The normalized spacial score (nSPS) is 29.6. The van der Waals surface area contributed by atoms with E-state index in [1.54, 1.807) is 74.8 Å². The Morgan fingerprint density at radius 2 is 0.367 bits per heavy atom. The molecule has 0 saturated carbocycles. The van der Waals surface area contributed by atoms with Gasteiger partial charge in [-0.3, -0.25) is 0 Å².